The summed E-state index contributed by atoms with van der Waals surface area (Å²) in [6, 6.07) is 8.63. The number of urea groups is 1. The number of benzene rings is 1. The van der Waals surface area contributed by atoms with Crippen LogP contribution < -0.4 is 10.6 Å². The average molecular weight is 273 g/mol. The van der Waals surface area contributed by atoms with Crippen LogP contribution in [0.1, 0.15) is 6.92 Å². The number of hydrogen-bond donors (Lipinski definition) is 2. The molecule has 2 amide bonds. The summed E-state index contributed by atoms with van der Waals surface area (Å²) >= 11 is 0. The Labute approximate surface area is 116 Å². The van der Waals surface area contributed by atoms with E-state index in [1.807, 2.05) is 12.1 Å². The monoisotopic (exact) mass is 273 g/mol. The quantitative estimate of drug-likeness (QED) is 0.834. The lowest BCUT2D eigenvalue weighted by Gasteiger charge is -2.09. The van der Waals surface area contributed by atoms with E-state index in [4.69, 9.17) is 4.74 Å². The molecule has 20 heavy (non-hydrogen) atoms. The number of carbonyl (C=O) groups is 2. The molecule has 0 aliphatic heterocycles. The SMILES string of the molecule is CCOC(=O)CNC(=O)Nc1cccc2ncccc12. The maximum absolute atomic E-state index is 11.7. The summed E-state index contributed by atoms with van der Waals surface area (Å²) < 4.78 is 4.72. The summed E-state index contributed by atoms with van der Waals surface area (Å²) in [6.45, 7) is 1.83. The Morgan fingerprint density at radius 1 is 1.25 bits per heavy atom. The summed E-state index contributed by atoms with van der Waals surface area (Å²) in [7, 11) is 0. The van der Waals surface area contributed by atoms with Gasteiger partial charge in [-0.15, -0.1) is 0 Å². The second-order valence-corrected chi connectivity index (χ2v) is 3.99. The van der Waals surface area contributed by atoms with Crippen LogP contribution in [0.5, 0.6) is 0 Å². The highest BCUT2D eigenvalue weighted by Crippen LogP contribution is 2.20. The minimum absolute atomic E-state index is 0.164. The van der Waals surface area contributed by atoms with E-state index in [0.717, 1.165) is 10.9 Å². The van der Waals surface area contributed by atoms with Crippen LogP contribution in [0.4, 0.5) is 10.5 Å². The molecule has 104 valence electrons. The highest BCUT2D eigenvalue weighted by atomic mass is 16.5. The average Bonchev–Trinajstić information content (AvgIpc) is 2.46. The fourth-order valence-electron chi connectivity index (χ4n) is 1.74. The molecule has 0 saturated carbocycles. The zero-order chi connectivity index (χ0) is 14.4. The van der Waals surface area contributed by atoms with Crippen LogP contribution in [0, 0.1) is 0 Å². The Morgan fingerprint density at radius 2 is 2.10 bits per heavy atom. The molecule has 0 spiro atoms. The van der Waals surface area contributed by atoms with Crippen molar-refractivity contribution in [3.05, 3.63) is 36.5 Å². The number of rotatable bonds is 4. The van der Waals surface area contributed by atoms with Crippen molar-refractivity contribution in [3.63, 3.8) is 0 Å². The van der Waals surface area contributed by atoms with E-state index in [9.17, 15) is 9.59 Å². The number of pyridine rings is 1. The molecule has 1 aromatic heterocycles. The Hall–Kier alpha value is -2.63. The Morgan fingerprint density at radius 3 is 2.90 bits per heavy atom. The van der Waals surface area contributed by atoms with Crippen LogP contribution in [0.3, 0.4) is 0 Å². The number of anilines is 1. The van der Waals surface area contributed by atoms with Crippen molar-refractivity contribution in [1.82, 2.24) is 10.3 Å². The molecule has 6 nitrogen and oxygen atoms in total. The van der Waals surface area contributed by atoms with Gasteiger partial charge in [0.25, 0.3) is 0 Å². The minimum Gasteiger partial charge on any atom is -0.465 e. The third-order valence-electron chi connectivity index (χ3n) is 2.59. The lowest BCUT2D eigenvalue weighted by atomic mass is 10.2. The highest BCUT2D eigenvalue weighted by Gasteiger charge is 2.08. The summed E-state index contributed by atoms with van der Waals surface area (Å²) in [4.78, 5) is 27.1. The molecule has 0 fully saturated rings. The lowest BCUT2D eigenvalue weighted by molar-refractivity contribution is -0.141. The Balaban J connectivity index is 2.01. The van der Waals surface area contributed by atoms with E-state index >= 15 is 0 Å². The Bertz CT molecular complexity index is 623. The molecule has 0 aliphatic rings. The van der Waals surface area contributed by atoms with Gasteiger partial charge in [-0.25, -0.2) is 4.79 Å². The van der Waals surface area contributed by atoms with Gasteiger partial charge in [0.2, 0.25) is 0 Å². The second-order valence-electron chi connectivity index (χ2n) is 3.99. The first-order valence-corrected chi connectivity index (χ1v) is 6.25. The van der Waals surface area contributed by atoms with E-state index in [1.54, 1.807) is 31.3 Å². The molecule has 1 heterocycles. The molecular weight excluding hydrogens is 258 g/mol. The first kappa shape index (κ1) is 13.8. The van der Waals surface area contributed by atoms with Crippen molar-refractivity contribution in [2.24, 2.45) is 0 Å². The van der Waals surface area contributed by atoms with Crippen molar-refractivity contribution in [2.45, 2.75) is 6.92 Å². The van der Waals surface area contributed by atoms with Gasteiger partial charge in [-0.2, -0.15) is 0 Å². The largest absolute Gasteiger partial charge is 0.465 e. The summed E-state index contributed by atoms with van der Waals surface area (Å²) in [5.74, 6) is -0.470. The molecule has 6 heteroatoms. The number of nitrogens with zero attached hydrogens (tertiary/aromatic N) is 1. The maximum atomic E-state index is 11.7. The van der Waals surface area contributed by atoms with E-state index < -0.39 is 12.0 Å². The van der Waals surface area contributed by atoms with Gasteiger partial charge >= 0.3 is 12.0 Å². The maximum Gasteiger partial charge on any atom is 0.325 e. The van der Waals surface area contributed by atoms with Gasteiger partial charge in [-0.3, -0.25) is 9.78 Å². The molecular formula is C14H15N3O3. The smallest absolute Gasteiger partial charge is 0.325 e. The molecule has 0 unspecified atom stereocenters. The molecule has 2 aromatic rings. The molecule has 0 radical (unpaired) electrons. The second kappa shape index (κ2) is 6.51. The van der Waals surface area contributed by atoms with Gasteiger partial charge in [-0.1, -0.05) is 6.07 Å². The lowest BCUT2D eigenvalue weighted by Crippen LogP contribution is -2.34. The minimum atomic E-state index is -0.470. The Kier molecular flexibility index (Phi) is 4.49. The van der Waals surface area contributed by atoms with Crippen LogP contribution >= 0.6 is 0 Å². The summed E-state index contributed by atoms with van der Waals surface area (Å²) in [5.41, 5.74) is 1.42. The first-order chi connectivity index (χ1) is 9.70. The van der Waals surface area contributed by atoms with Crippen molar-refractivity contribution in [2.75, 3.05) is 18.5 Å². The van der Waals surface area contributed by atoms with Crippen LogP contribution in [0.25, 0.3) is 10.9 Å². The van der Waals surface area contributed by atoms with Gasteiger partial charge in [0.1, 0.15) is 6.54 Å². The normalized spacial score (nSPS) is 10.1. The zero-order valence-corrected chi connectivity index (χ0v) is 11.1. The molecule has 2 N–H and O–H groups in total. The summed E-state index contributed by atoms with van der Waals surface area (Å²) in [5, 5.41) is 5.95. The van der Waals surface area contributed by atoms with Gasteiger partial charge in [0, 0.05) is 11.6 Å². The van der Waals surface area contributed by atoms with Gasteiger partial charge in [0.05, 0.1) is 17.8 Å². The fraction of sp³-hybridized carbons (Fsp3) is 0.214. The molecule has 0 aliphatic carbocycles. The number of hydrogen-bond acceptors (Lipinski definition) is 4. The predicted octanol–water partition coefficient (Wildman–Crippen LogP) is 1.92. The topological polar surface area (TPSA) is 80.3 Å². The number of amides is 2. The third-order valence-corrected chi connectivity index (χ3v) is 2.59. The number of nitrogens with one attached hydrogen (secondary N) is 2. The number of ether oxygens (including phenoxy) is 1. The van der Waals surface area contributed by atoms with E-state index in [1.165, 1.54) is 0 Å². The van der Waals surface area contributed by atoms with Crippen LogP contribution in [-0.2, 0) is 9.53 Å². The molecule has 2 rings (SSSR count). The van der Waals surface area contributed by atoms with Crippen molar-refractivity contribution < 1.29 is 14.3 Å². The molecule has 0 saturated heterocycles. The zero-order valence-electron chi connectivity index (χ0n) is 11.1. The van der Waals surface area contributed by atoms with Gasteiger partial charge < -0.3 is 15.4 Å². The van der Waals surface area contributed by atoms with Crippen LogP contribution in [-0.4, -0.2) is 30.1 Å². The van der Waals surface area contributed by atoms with Crippen LogP contribution in [0.2, 0.25) is 0 Å². The van der Waals surface area contributed by atoms with E-state index in [0.29, 0.717) is 5.69 Å². The van der Waals surface area contributed by atoms with E-state index in [-0.39, 0.29) is 13.2 Å². The number of fused-ring (bicyclic) bond motifs is 1. The van der Waals surface area contributed by atoms with Crippen molar-refractivity contribution in [1.29, 1.82) is 0 Å². The number of aromatic nitrogens is 1. The molecule has 0 atom stereocenters. The highest BCUT2D eigenvalue weighted by molar-refractivity contribution is 6.00. The fourth-order valence-corrected chi connectivity index (χ4v) is 1.74. The van der Waals surface area contributed by atoms with Gasteiger partial charge in [-0.05, 0) is 31.2 Å². The third kappa shape index (κ3) is 3.44. The van der Waals surface area contributed by atoms with Crippen molar-refractivity contribution in [3.8, 4) is 0 Å². The predicted molar refractivity (Wildman–Crippen MR) is 75.4 cm³/mol. The van der Waals surface area contributed by atoms with E-state index in [2.05, 4.69) is 15.6 Å². The molecule has 0 bridgehead atoms. The van der Waals surface area contributed by atoms with Crippen molar-refractivity contribution >= 4 is 28.6 Å². The molecule has 1 aromatic carbocycles. The summed E-state index contributed by atoms with van der Waals surface area (Å²) in [6.07, 6.45) is 1.69. The first-order valence-electron chi connectivity index (χ1n) is 6.25. The van der Waals surface area contributed by atoms with Crippen LogP contribution in [0.15, 0.2) is 36.5 Å². The standard InChI is InChI=1S/C14H15N3O3/c1-2-20-13(18)9-16-14(19)17-12-7-3-6-11-10(12)5-4-8-15-11/h3-8H,2,9H2,1H3,(H2,16,17,19). The number of esters is 1. The number of carbonyl (C=O) groups excluding carboxylic acids is 2. The van der Waals surface area contributed by atoms with Gasteiger partial charge in [0.15, 0.2) is 0 Å².